The lowest BCUT2D eigenvalue weighted by Gasteiger charge is -2.35. The first kappa shape index (κ1) is 11.0. The molecule has 3 rings (SSSR count). The van der Waals surface area contributed by atoms with Gasteiger partial charge in [0.2, 0.25) is 6.33 Å². The molecular weight excluding hydrogens is 230 g/mol. The van der Waals surface area contributed by atoms with Crippen LogP contribution in [0.2, 0.25) is 0 Å². The summed E-state index contributed by atoms with van der Waals surface area (Å²) in [5, 5.41) is 10.6. The Morgan fingerprint density at radius 2 is 2.00 bits per heavy atom. The summed E-state index contributed by atoms with van der Waals surface area (Å²) < 4.78 is 1.86. The molecule has 1 aromatic heterocycles. The van der Waals surface area contributed by atoms with Crippen molar-refractivity contribution >= 4 is 5.82 Å². The van der Waals surface area contributed by atoms with Gasteiger partial charge >= 0.3 is 5.82 Å². The lowest BCUT2D eigenvalue weighted by atomic mass is 9.76. The first-order valence-electron chi connectivity index (χ1n) is 5.97. The van der Waals surface area contributed by atoms with Crippen molar-refractivity contribution in [2.45, 2.75) is 24.8 Å². The second-order valence-corrected chi connectivity index (χ2v) is 4.67. The van der Waals surface area contributed by atoms with E-state index in [-0.39, 0.29) is 5.82 Å². The van der Waals surface area contributed by atoms with Crippen LogP contribution < -0.4 is 0 Å². The van der Waals surface area contributed by atoms with Crippen LogP contribution in [0.4, 0.5) is 5.82 Å². The van der Waals surface area contributed by atoms with Crippen LogP contribution in [0, 0.1) is 10.1 Å². The summed E-state index contributed by atoms with van der Waals surface area (Å²) in [6.07, 6.45) is 5.13. The van der Waals surface area contributed by atoms with E-state index in [2.05, 4.69) is 17.1 Å². The molecule has 92 valence electrons. The largest absolute Gasteiger partial charge is 0.381 e. The van der Waals surface area contributed by atoms with Crippen LogP contribution >= 0.6 is 0 Å². The fourth-order valence-corrected chi connectivity index (χ4v) is 2.45. The Morgan fingerprint density at radius 1 is 1.28 bits per heavy atom. The van der Waals surface area contributed by atoms with Gasteiger partial charge in [-0.15, -0.1) is 0 Å². The van der Waals surface area contributed by atoms with Gasteiger partial charge in [-0.05, 0) is 34.2 Å². The van der Waals surface area contributed by atoms with Gasteiger partial charge in [0.1, 0.15) is 6.20 Å². The molecule has 1 heterocycles. The molecule has 2 aromatic rings. The maximum absolute atomic E-state index is 10.6. The first-order chi connectivity index (χ1) is 8.74. The van der Waals surface area contributed by atoms with E-state index in [9.17, 15) is 10.1 Å². The molecule has 1 aliphatic rings. The molecule has 1 aromatic carbocycles. The van der Waals surface area contributed by atoms with Gasteiger partial charge in [0, 0.05) is 6.04 Å². The lowest BCUT2D eigenvalue weighted by Crippen LogP contribution is -2.24. The third-order valence-corrected chi connectivity index (χ3v) is 3.58. The van der Waals surface area contributed by atoms with Gasteiger partial charge in [0.05, 0.1) is 0 Å². The van der Waals surface area contributed by atoms with E-state index in [1.165, 1.54) is 11.8 Å². The molecule has 1 aliphatic carbocycles. The number of aromatic nitrogens is 2. The Labute approximate surface area is 104 Å². The van der Waals surface area contributed by atoms with Crippen LogP contribution in [0.1, 0.15) is 30.4 Å². The minimum atomic E-state index is -0.455. The molecule has 0 amide bonds. The number of benzene rings is 1. The van der Waals surface area contributed by atoms with E-state index >= 15 is 0 Å². The molecule has 0 aliphatic heterocycles. The van der Waals surface area contributed by atoms with Crippen LogP contribution in [0.25, 0.3) is 0 Å². The number of imidazole rings is 1. The molecule has 0 N–H and O–H groups in total. The molecular formula is C13H13N3O2. The third kappa shape index (κ3) is 1.88. The molecule has 5 nitrogen and oxygen atoms in total. The Bertz CT molecular complexity index is 559. The van der Waals surface area contributed by atoms with Crippen LogP contribution in [0.15, 0.2) is 42.9 Å². The number of hydrogen-bond donors (Lipinski definition) is 0. The fraction of sp³-hybridized carbons (Fsp3) is 0.308. The van der Waals surface area contributed by atoms with Crippen LogP contribution in [-0.2, 0) is 0 Å². The number of hydrogen-bond acceptors (Lipinski definition) is 3. The molecule has 18 heavy (non-hydrogen) atoms. The molecule has 0 atom stereocenters. The van der Waals surface area contributed by atoms with Gasteiger partial charge in [0.25, 0.3) is 0 Å². The summed E-state index contributed by atoms with van der Waals surface area (Å²) in [6.45, 7) is 0. The zero-order valence-corrected chi connectivity index (χ0v) is 9.77. The van der Waals surface area contributed by atoms with E-state index in [1.807, 2.05) is 22.8 Å². The van der Waals surface area contributed by atoms with Gasteiger partial charge < -0.3 is 14.7 Å². The number of rotatable bonds is 3. The highest BCUT2D eigenvalue weighted by molar-refractivity contribution is 5.23. The van der Waals surface area contributed by atoms with E-state index in [0.717, 1.165) is 12.8 Å². The maximum Gasteiger partial charge on any atom is 0.381 e. The van der Waals surface area contributed by atoms with Gasteiger partial charge in [-0.1, -0.05) is 30.3 Å². The van der Waals surface area contributed by atoms with Crippen LogP contribution in [0.3, 0.4) is 0 Å². The molecule has 1 saturated carbocycles. The summed E-state index contributed by atoms with van der Waals surface area (Å²) >= 11 is 0. The molecule has 5 heteroatoms. The average molecular weight is 243 g/mol. The minimum Gasteiger partial charge on any atom is -0.358 e. The predicted octanol–water partition coefficient (Wildman–Crippen LogP) is 2.91. The maximum atomic E-state index is 10.6. The summed E-state index contributed by atoms with van der Waals surface area (Å²) in [4.78, 5) is 13.9. The van der Waals surface area contributed by atoms with Gasteiger partial charge in [0.15, 0.2) is 0 Å². The highest BCUT2D eigenvalue weighted by Crippen LogP contribution is 2.44. The predicted molar refractivity (Wildman–Crippen MR) is 66.3 cm³/mol. The van der Waals surface area contributed by atoms with Gasteiger partial charge in [-0.3, -0.25) is 0 Å². The Balaban J connectivity index is 1.66. The zero-order chi connectivity index (χ0) is 12.5. The second kappa shape index (κ2) is 4.25. The first-order valence-corrected chi connectivity index (χ1v) is 5.97. The summed E-state index contributed by atoms with van der Waals surface area (Å²) in [5.74, 6) is 0.496. The van der Waals surface area contributed by atoms with Crippen molar-refractivity contribution in [1.29, 1.82) is 0 Å². The molecule has 0 saturated heterocycles. The quantitative estimate of drug-likeness (QED) is 0.615. The number of nitrogens with zero attached hydrogens (tertiary/aromatic N) is 3. The van der Waals surface area contributed by atoms with E-state index in [4.69, 9.17) is 0 Å². The third-order valence-electron chi connectivity index (χ3n) is 3.58. The Morgan fingerprint density at radius 3 is 2.61 bits per heavy atom. The van der Waals surface area contributed by atoms with Crippen molar-refractivity contribution in [3.05, 3.63) is 58.5 Å². The standard InChI is InChI=1S/C13H13N3O2/c17-16(18)13-8-15(9-14-13)12-6-11(7-12)10-4-2-1-3-5-10/h1-5,8-9,11-12H,6-7H2/t11-,12+. The highest BCUT2D eigenvalue weighted by atomic mass is 16.6. The Kier molecular flexibility index (Phi) is 2.59. The average Bonchev–Trinajstić information content (AvgIpc) is 2.78. The van der Waals surface area contributed by atoms with Crippen molar-refractivity contribution in [2.24, 2.45) is 0 Å². The van der Waals surface area contributed by atoms with Gasteiger partial charge in [-0.25, -0.2) is 0 Å². The fourth-order valence-electron chi connectivity index (χ4n) is 2.45. The normalized spacial score (nSPS) is 22.4. The summed E-state index contributed by atoms with van der Waals surface area (Å²) in [5.41, 5.74) is 1.35. The molecule has 0 bridgehead atoms. The van der Waals surface area contributed by atoms with Crippen molar-refractivity contribution < 1.29 is 4.92 Å². The van der Waals surface area contributed by atoms with E-state index in [0.29, 0.717) is 12.0 Å². The number of nitro groups is 1. The van der Waals surface area contributed by atoms with Crippen molar-refractivity contribution in [3.63, 3.8) is 0 Å². The zero-order valence-electron chi connectivity index (χ0n) is 9.77. The topological polar surface area (TPSA) is 61.0 Å². The highest BCUT2D eigenvalue weighted by Gasteiger charge is 2.32. The Hall–Kier alpha value is -2.17. The molecule has 0 radical (unpaired) electrons. The minimum absolute atomic E-state index is 0.0711. The molecule has 0 unspecified atom stereocenters. The molecule has 0 spiro atoms. The van der Waals surface area contributed by atoms with Crippen LogP contribution in [-0.4, -0.2) is 14.5 Å². The van der Waals surface area contributed by atoms with E-state index in [1.54, 1.807) is 6.33 Å². The monoisotopic (exact) mass is 243 g/mol. The van der Waals surface area contributed by atoms with Crippen molar-refractivity contribution in [2.75, 3.05) is 0 Å². The SMILES string of the molecule is O=[N+]([O-])c1cn([C@H]2C[C@@H](c3ccccc3)C2)cn1. The second-order valence-electron chi connectivity index (χ2n) is 4.67. The van der Waals surface area contributed by atoms with Crippen LogP contribution in [0.5, 0.6) is 0 Å². The van der Waals surface area contributed by atoms with E-state index < -0.39 is 4.92 Å². The molecule has 1 fully saturated rings. The van der Waals surface area contributed by atoms with Crippen molar-refractivity contribution in [1.82, 2.24) is 9.55 Å². The van der Waals surface area contributed by atoms with Gasteiger partial charge in [-0.2, -0.15) is 0 Å². The summed E-state index contributed by atoms with van der Waals surface area (Å²) in [6, 6.07) is 10.7. The van der Waals surface area contributed by atoms with Crippen molar-refractivity contribution in [3.8, 4) is 0 Å². The summed E-state index contributed by atoms with van der Waals surface area (Å²) in [7, 11) is 0. The lowest BCUT2D eigenvalue weighted by molar-refractivity contribution is -0.389. The smallest absolute Gasteiger partial charge is 0.358 e.